The monoisotopic (exact) mass is 249 g/mol. The van der Waals surface area contributed by atoms with Crippen molar-refractivity contribution >= 4 is 0 Å². The third-order valence-electron chi connectivity index (χ3n) is 4.63. The minimum atomic E-state index is -0.846. The maximum atomic E-state index is 11.0. The molecule has 3 heteroatoms. The smallest absolute Gasteiger partial charge is 0.123 e. The number of hydrogen-bond acceptors (Lipinski definition) is 3. The summed E-state index contributed by atoms with van der Waals surface area (Å²) in [5.74, 6) is 0.988. The molecular weight excluding hydrogens is 226 g/mol. The molecule has 0 aromatic heterocycles. The van der Waals surface area contributed by atoms with Gasteiger partial charge in [0.25, 0.3) is 0 Å². The Morgan fingerprint density at radius 3 is 2.72 bits per heavy atom. The van der Waals surface area contributed by atoms with Gasteiger partial charge in [0, 0.05) is 17.5 Å². The highest BCUT2D eigenvalue weighted by Crippen LogP contribution is 2.47. The van der Waals surface area contributed by atoms with Gasteiger partial charge >= 0.3 is 0 Å². The van der Waals surface area contributed by atoms with Crippen LogP contribution in [0.3, 0.4) is 0 Å². The Hall–Kier alpha value is -1.06. The van der Waals surface area contributed by atoms with E-state index in [2.05, 4.69) is 0 Å². The van der Waals surface area contributed by atoms with Gasteiger partial charge in [0.2, 0.25) is 0 Å². The molecule has 0 saturated carbocycles. The maximum absolute atomic E-state index is 11.0. The van der Waals surface area contributed by atoms with Crippen LogP contribution in [0.25, 0.3) is 0 Å². The minimum absolute atomic E-state index is 0.132. The minimum Gasteiger partial charge on any atom is -0.493 e. The zero-order chi connectivity index (χ0) is 13.4. The third kappa shape index (κ3) is 1.73. The fourth-order valence-electron chi connectivity index (χ4n) is 2.95. The first-order valence-corrected chi connectivity index (χ1v) is 6.60. The summed E-state index contributed by atoms with van der Waals surface area (Å²) in [6.07, 6.45) is 0.756. The summed E-state index contributed by atoms with van der Waals surface area (Å²) in [6.45, 7) is 7.01. The fraction of sp³-hybridized carbons (Fsp3) is 0.600. The molecule has 0 bridgehead atoms. The second kappa shape index (κ2) is 4.56. The Morgan fingerprint density at radius 2 is 2.11 bits per heavy atom. The molecule has 100 valence electrons. The Kier molecular flexibility index (Phi) is 3.39. The van der Waals surface area contributed by atoms with Crippen molar-refractivity contribution in [3.05, 3.63) is 29.8 Å². The molecule has 2 rings (SSSR count). The van der Waals surface area contributed by atoms with E-state index in [-0.39, 0.29) is 5.92 Å². The highest BCUT2D eigenvalue weighted by Gasteiger charge is 2.51. The molecule has 3 N–H and O–H groups in total. The summed E-state index contributed by atoms with van der Waals surface area (Å²) in [5, 5.41) is 11.0. The van der Waals surface area contributed by atoms with E-state index in [1.807, 2.05) is 45.0 Å². The number of nitrogens with two attached hydrogens (primary N) is 1. The van der Waals surface area contributed by atoms with Gasteiger partial charge in [-0.05, 0) is 25.3 Å². The molecule has 1 aliphatic rings. The molecular formula is C15H23NO2. The number of ether oxygens (including phenoxy) is 1. The van der Waals surface area contributed by atoms with E-state index in [1.165, 1.54) is 0 Å². The molecule has 0 amide bonds. The van der Waals surface area contributed by atoms with Crippen molar-refractivity contribution in [3.63, 3.8) is 0 Å². The van der Waals surface area contributed by atoms with Crippen LogP contribution in [-0.4, -0.2) is 23.9 Å². The van der Waals surface area contributed by atoms with Crippen molar-refractivity contribution in [3.8, 4) is 5.75 Å². The second-order valence-corrected chi connectivity index (χ2v) is 5.68. The van der Waals surface area contributed by atoms with Crippen molar-refractivity contribution in [2.24, 2.45) is 11.7 Å². The highest BCUT2D eigenvalue weighted by molar-refractivity contribution is 5.44. The second-order valence-electron chi connectivity index (χ2n) is 5.68. The molecule has 3 nitrogen and oxygen atoms in total. The van der Waals surface area contributed by atoms with Gasteiger partial charge in [-0.2, -0.15) is 0 Å². The zero-order valence-corrected chi connectivity index (χ0v) is 11.4. The van der Waals surface area contributed by atoms with Gasteiger partial charge in [-0.25, -0.2) is 0 Å². The molecule has 18 heavy (non-hydrogen) atoms. The molecule has 0 saturated heterocycles. The number of fused-ring (bicyclic) bond motifs is 1. The van der Waals surface area contributed by atoms with Crippen LogP contribution < -0.4 is 10.5 Å². The largest absolute Gasteiger partial charge is 0.493 e. The summed E-state index contributed by atoms with van der Waals surface area (Å²) >= 11 is 0. The van der Waals surface area contributed by atoms with Crippen LogP contribution in [0.5, 0.6) is 5.75 Å². The van der Waals surface area contributed by atoms with Crippen molar-refractivity contribution < 1.29 is 9.84 Å². The lowest BCUT2D eigenvalue weighted by Crippen LogP contribution is -2.59. The quantitative estimate of drug-likeness (QED) is 0.862. The van der Waals surface area contributed by atoms with Crippen molar-refractivity contribution in [1.29, 1.82) is 0 Å². The van der Waals surface area contributed by atoms with Crippen LogP contribution in [0.2, 0.25) is 0 Å². The maximum Gasteiger partial charge on any atom is 0.123 e. The fourth-order valence-corrected chi connectivity index (χ4v) is 2.95. The average molecular weight is 249 g/mol. The Bertz CT molecular complexity index is 428. The molecule has 2 unspecified atom stereocenters. The van der Waals surface area contributed by atoms with E-state index < -0.39 is 11.0 Å². The van der Waals surface area contributed by atoms with E-state index in [1.54, 1.807) is 0 Å². The van der Waals surface area contributed by atoms with Gasteiger partial charge in [0.05, 0.1) is 12.2 Å². The lowest BCUT2D eigenvalue weighted by Gasteiger charge is -2.50. The molecule has 1 aromatic carbocycles. The average Bonchev–Trinajstić information content (AvgIpc) is 2.37. The van der Waals surface area contributed by atoms with Crippen LogP contribution in [0.15, 0.2) is 24.3 Å². The summed E-state index contributed by atoms with van der Waals surface area (Å²) in [5.41, 5.74) is 5.83. The van der Waals surface area contributed by atoms with E-state index in [0.717, 1.165) is 17.7 Å². The van der Waals surface area contributed by atoms with Gasteiger partial charge in [0.15, 0.2) is 0 Å². The molecule has 1 heterocycles. The van der Waals surface area contributed by atoms with E-state index >= 15 is 0 Å². The first-order chi connectivity index (χ1) is 8.45. The van der Waals surface area contributed by atoms with Crippen LogP contribution >= 0.6 is 0 Å². The lowest BCUT2D eigenvalue weighted by atomic mass is 9.61. The Labute approximate surface area is 109 Å². The summed E-state index contributed by atoms with van der Waals surface area (Å²) in [6, 6.07) is 7.91. The van der Waals surface area contributed by atoms with Gasteiger partial charge in [-0.3, -0.25) is 0 Å². The van der Waals surface area contributed by atoms with Gasteiger partial charge in [0.1, 0.15) is 5.75 Å². The van der Waals surface area contributed by atoms with Gasteiger partial charge < -0.3 is 15.6 Å². The van der Waals surface area contributed by atoms with E-state index in [0.29, 0.717) is 13.2 Å². The van der Waals surface area contributed by atoms with Crippen LogP contribution in [0.4, 0.5) is 0 Å². The van der Waals surface area contributed by atoms with Gasteiger partial charge in [-0.1, -0.05) is 32.0 Å². The lowest BCUT2D eigenvalue weighted by molar-refractivity contribution is -0.0729. The normalized spacial score (nSPS) is 26.3. The van der Waals surface area contributed by atoms with Crippen molar-refractivity contribution in [2.45, 2.75) is 38.2 Å². The standard InChI is InChI=1S/C15H23NO2/c1-11(2)14(3,17)15(10-16)8-9-18-13-7-5-4-6-12(13)15/h4-7,11,17H,8-10,16H2,1-3H3. The van der Waals surface area contributed by atoms with E-state index in [9.17, 15) is 5.11 Å². The molecule has 0 spiro atoms. The molecule has 0 aliphatic carbocycles. The predicted molar refractivity (Wildman–Crippen MR) is 72.7 cm³/mol. The molecule has 1 aromatic rings. The number of rotatable bonds is 3. The summed E-state index contributed by atoms with van der Waals surface area (Å²) in [7, 11) is 0. The Balaban J connectivity index is 2.59. The number of para-hydroxylation sites is 1. The van der Waals surface area contributed by atoms with Crippen LogP contribution in [0.1, 0.15) is 32.8 Å². The van der Waals surface area contributed by atoms with Crippen molar-refractivity contribution in [2.75, 3.05) is 13.2 Å². The first kappa shape index (κ1) is 13.4. The topological polar surface area (TPSA) is 55.5 Å². The molecule has 1 aliphatic heterocycles. The summed E-state index contributed by atoms with van der Waals surface area (Å²) < 4.78 is 5.69. The summed E-state index contributed by atoms with van der Waals surface area (Å²) in [4.78, 5) is 0. The zero-order valence-electron chi connectivity index (χ0n) is 11.4. The van der Waals surface area contributed by atoms with Crippen LogP contribution in [0, 0.1) is 5.92 Å². The number of hydrogen-bond donors (Lipinski definition) is 2. The highest BCUT2D eigenvalue weighted by atomic mass is 16.5. The van der Waals surface area contributed by atoms with Crippen molar-refractivity contribution in [1.82, 2.24) is 0 Å². The van der Waals surface area contributed by atoms with E-state index in [4.69, 9.17) is 10.5 Å². The first-order valence-electron chi connectivity index (χ1n) is 6.60. The SMILES string of the molecule is CC(C)C(C)(O)C1(CN)CCOc2ccccc21. The number of aliphatic hydroxyl groups is 1. The Morgan fingerprint density at radius 1 is 1.44 bits per heavy atom. The molecule has 0 radical (unpaired) electrons. The van der Waals surface area contributed by atoms with Gasteiger partial charge in [-0.15, -0.1) is 0 Å². The predicted octanol–water partition coefficient (Wildman–Crippen LogP) is 2.07. The number of benzene rings is 1. The third-order valence-corrected chi connectivity index (χ3v) is 4.63. The molecule has 2 atom stereocenters. The molecule has 0 fully saturated rings. The van der Waals surface area contributed by atoms with Crippen LogP contribution in [-0.2, 0) is 5.41 Å².